The third kappa shape index (κ3) is 7.08. The van der Waals surface area contributed by atoms with E-state index in [0.717, 1.165) is 57.5 Å². The average Bonchev–Trinajstić information content (AvgIpc) is 2.74. The SMILES string of the molecule is COc1ccc(CCNC(=O)CN2CCC(CCN3CCOCC3)CC2)cc1. The number of ether oxygens (including phenoxy) is 2. The Labute approximate surface area is 169 Å². The molecule has 2 fully saturated rings. The molecule has 2 saturated heterocycles. The number of nitrogens with zero attached hydrogens (tertiary/aromatic N) is 2. The highest BCUT2D eigenvalue weighted by Crippen LogP contribution is 2.21. The molecule has 0 radical (unpaired) electrons. The second kappa shape index (κ2) is 11.4. The van der Waals surface area contributed by atoms with Gasteiger partial charge in [0.15, 0.2) is 0 Å². The van der Waals surface area contributed by atoms with Gasteiger partial charge >= 0.3 is 0 Å². The van der Waals surface area contributed by atoms with Crippen molar-refractivity contribution in [2.45, 2.75) is 25.7 Å². The maximum absolute atomic E-state index is 12.2. The van der Waals surface area contributed by atoms with Crippen LogP contribution in [-0.4, -0.2) is 81.8 Å². The van der Waals surface area contributed by atoms with Crippen molar-refractivity contribution in [3.05, 3.63) is 29.8 Å². The van der Waals surface area contributed by atoms with Gasteiger partial charge in [0.1, 0.15) is 5.75 Å². The molecule has 0 aliphatic carbocycles. The van der Waals surface area contributed by atoms with E-state index in [1.807, 2.05) is 24.3 Å². The molecular formula is C22H35N3O3. The summed E-state index contributed by atoms with van der Waals surface area (Å²) in [4.78, 5) is 17.0. The van der Waals surface area contributed by atoms with Crippen molar-refractivity contribution < 1.29 is 14.3 Å². The quantitative estimate of drug-likeness (QED) is 0.698. The van der Waals surface area contributed by atoms with Crippen molar-refractivity contribution in [2.75, 3.05) is 66.1 Å². The van der Waals surface area contributed by atoms with Crippen LogP contribution in [0.4, 0.5) is 0 Å². The van der Waals surface area contributed by atoms with Crippen molar-refractivity contribution in [3.63, 3.8) is 0 Å². The molecule has 1 N–H and O–H groups in total. The summed E-state index contributed by atoms with van der Waals surface area (Å²) in [7, 11) is 1.67. The molecule has 0 aromatic heterocycles. The van der Waals surface area contributed by atoms with E-state index in [2.05, 4.69) is 15.1 Å². The lowest BCUT2D eigenvalue weighted by Gasteiger charge is -2.33. The summed E-state index contributed by atoms with van der Waals surface area (Å²) in [5.41, 5.74) is 1.21. The van der Waals surface area contributed by atoms with Crippen LogP contribution in [0.25, 0.3) is 0 Å². The van der Waals surface area contributed by atoms with Gasteiger partial charge in [-0.3, -0.25) is 14.6 Å². The van der Waals surface area contributed by atoms with Gasteiger partial charge in [0, 0.05) is 19.6 Å². The molecule has 28 heavy (non-hydrogen) atoms. The van der Waals surface area contributed by atoms with E-state index in [1.54, 1.807) is 7.11 Å². The van der Waals surface area contributed by atoms with Crippen LogP contribution < -0.4 is 10.1 Å². The van der Waals surface area contributed by atoms with E-state index in [-0.39, 0.29) is 5.91 Å². The summed E-state index contributed by atoms with van der Waals surface area (Å²) >= 11 is 0. The van der Waals surface area contributed by atoms with Crippen LogP contribution in [-0.2, 0) is 16.0 Å². The highest BCUT2D eigenvalue weighted by Gasteiger charge is 2.21. The molecule has 1 amide bonds. The first-order chi connectivity index (χ1) is 13.7. The number of rotatable bonds is 9. The van der Waals surface area contributed by atoms with Crippen LogP contribution >= 0.6 is 0 Å². The molecule has 2 aliphatic rings. The minimum absolute atomic E-state index is 0.139. The number of hydrogen-bond donors (Lipinski definition) is 1. The van der Waals surface area contributed by atoms with Gasteiger partial charge in [0.05, 0.1) is 26.9 Å². The molecule has 0 spiro atoms. The molecule has 2 aliphatic heterocycles. The number of amides is 1. The molecule has 0 saturated carbocycles. The van der Waals surface area contributed by atoms with E-state index in [0.29, 0.717) is 13.1 Å². The predicted octanol–water partition coefficient (Wildman–Crippen LogP) is 1.79. The minimum Gasteiger partial charge on any atom is -0.497 e. The molecule has 3 rings (SSSR count). The summed E-state index contributed by atoms with van der Waals surface area (Å²) in [6.45, 7) is 8.41. The molecule has 6 heteroatoms. The molecule has 156 valence electrons. The van der Waals surface area contributed by atoms with Crippen molar-refractivity contribution in [1.29, 1.82) is 0 Å². The Morgan fingerprint density at radius 3 is 2.50 bits per heavy atom. The molecule has 2 heterocycles. The summed E-state index contributed by atoms with van der Waals surface area (Å²) in [5, 5.41) is 3.06. The minimum atomic E-state index is 0.139. The number of hydrogen-bond acceptors (Lipinski definition) is 5. The first-order valence-electron chi connectivity index (χ1n) is 10.6. The smallest absolute Gasteiger partial charge is 0.234 e. The number of carbonyl (C=O) groups is 1. The Hall–Kier alpha value is -1.63. The number of nitrogens with one attached hydrogen (secondary N) is 1. The number of benzene rings is 1. The molecular weight excluding hydrogens is 354 g/mol. The second-order valence-electron chi connectivity index (χ2n) is 7.91. The lowest BCUT2D eigenvalue weighted by Crippen LogP contribution is -2.42. The van der Waals surface area contributed by atoms with Crippen LogP contribution in [0.15, 0.2) is 24.3 Å². The number of carbonyl (C=O) groups excluding carboxylic acids is 1. The highest BCUT2D eigenvalue weighted by molar-refractivity contribution is 5.78. The Balaban J connectivity index is 1.26. The molecule has 6 nitrogen and oxygen atoms in total. The molecule has 0 unspecified atom stereocenters. The van der Waals surface area contributed by atoms with E-state index in [9.17, 15) is 4.79 Å². The zero-order chi connectivity index (χ0) is 19.6. The zero-order valence-electron chi connectivity index (χ0n) is 17.2. The Morgan fingerprint density at radius 2 is 1.82 bits per heavy atom. The number of methoxy groups -OCH3 is 1. The lowest BCUT2D eigenvalue weighted by molar-refractivity contribution is -0.122. The van der Waals surface area contributed by atoms with Gasteiger partial charge in [-0.25, -0.2) is 0 Å². The Morgan fingerprint density at radius 1 is 1.11 bits per heavy atom. The largest absolute Gasteiger partial charge is 0.497 e. The van der Waals surface area contributed by atoms with Crippen LogP contribution in [0.1, 0.15) is 24.8 Å². The van der Waals surface area contributed by atoms with Crippen molar-refractivity contribution in [2.24, 2.45) is 5.92 Å². The van der Waals surface area contributed by atoms with Crippen LogP contribution in [0.3, 0.4) is 0 Å². The topological polar surface area (TPSA) is 54.0 Å². The Bertz CT molecular complexity index is 579. The first kappa shape index (κ1) is 21.1. The van der Waals surface area contributed by atoms with Gasteiger partial charge in [-0.15, -0.1) is 0 Å². The highest BCUT2D eigenvalue weighted by atomic mass is 16.5. The number of likely N-dealkylation sites (tertiary alicyclic amines) is 1. The van der Waals surface area contributed by atoms with Gasteiger partial charge in [-0.1, -0.05) is 12.1 Å². The standard InChI is InChI=1S/C22H35N3O3/c1-27-21-4-2-19(3-5-21)6-10-23-22(26)18-25-12-8-20(9-13-25)7-11-24-14-16-28-17-15-24/h2-5,20H,6-18H2,1H3,(H,23,26). The maximum atomic E-state index is 12.2. The van der Waals surface area contributed by atoms with E-state index in [1.165, 1.54) is 31.4 Å². The van der Waals surface area contributed by atoms with Gasteiger partial charge in [-0.05, 0) is 68.9 Å². The fourth-order valence-electron chi connectivity index (χ4n) is 4.02. The van der Waals surface area contributed by atoms with Gasteiger partial charge in [-0.2, -0.15) is 0 Å². The summed E-state index contributed by atoms with van der Waals surface area (Å²) < 4.78 is 10.6. The van der Waals surface area contributed by atoms with E-state index >= 15 is 0 Å². The van der Waals surface area contributed by atoms with Gasteiger partial charge in [0.25, 0.3) is 0 Å². The molecule has 0 bridgehead atoms. The number of morpholine rings is 1. The monoisotopic (exact) mass is 389 g/mol. The second-order valence-corrected chi connectivity index (χ2v) is 7.91. The predicted molar refractivity (Wildman–Crippen MR) is 111 cm³/mol. The third-order valence-corrected chi connectivity index (χ3v) is 5.93. The average molecular weight is 390 g/mol. The van der Waals surface area contributed by atoms with Gasteiger partial charge < -0.3 is 14.8 Å². The van der Waals surface area contributed by atoms with E-state index < -0.39 is 0 Å². The summed E-state index contributed by atoms with van der Waals surface area (Å²) in [5.74, 6) is 1.80. The first-order valence-corrected chi connectivity index (χ1v) is 10.6. The van der Waals surface area contributed by atoms with Crippen LogP contribution in [0.2, 0.25) is 0 Å². The maximum Gasteiger partial charge on any atom is 0.234 e. The fraction of sp³-hybridized carbons (Fsp3) is 0.682. The third-order valence-electron chi connectivity index (χ3n) is 5.93. The molecule has 0 atom stereocenters. The Kier molecular flexibility index (Phi) is 8.58. The van der Waals surface area contributed by atoms with Crippen molar-refractivity contribution in [3.8, 4) is 5.75 Å². The van der Waals surface area contributed by atoms with Crippen LogP contribution in [0.5, 0.6) is 5.75 Å². The molecule has 1 aromatic carbocycles. The van der Waals surface area contributed by atoms with E-state index in [4.69, 9.17) is 9.47 Å². The van der Waals surface area contributed by atoms with Crippen molar-refractivity contribution in [1.82, 2.24) is 15.1 Å². The summed E-state index contributed by atoms with van der Waals surface area (Å²) in [6, 6.07) is 8.01. The summed E-state index contributed by atoms with van der Waals surface area (Å²) in [6.07, 6.45) is 4.55. The normalized spacial score (nSPS) is 19.5. The van der Waals surface area contributed by atoms with Crippen molar-refractivity contribution >= 4 is 5.91 Å². The molecule has 1 aromatic rings. The fourth-order valence-corrected chi connectivity index (χ4v) is 4.02. The van der Waals surface area contributed by atoms with Gasteiger partial charge in [0.2, 0.25) is 5.91 Å². The number of piperidine rings is 1. The zero-order valence-corrected chi connectivity index (χ0v) is 17.2. The van der Waals surface area contributed by atoms with Crippen LogP contribution in [0, 0.1) is 5.92 Å². The lowest BCUT2D eigenvalue weighted by atomic mass is 9.93.